The molecular formula is C16H29N5O. The van der Waals surface area contributed by atoms with Crippen LogP contribution in [0.25, 0.3) is 0 Å². The van der Waals surface area contributed by atoms with Crippen molar-refractivity contribution in [2.24, 2.45) is 0 Å². The van der Waals surface area contributed by atoms with E-state index in [1.54, 1.807) is 0 Å². The van der Waals surface area contributed by atoms with Gasteiger partial charge in [0.15, 0.2) is 0 Å². The molecule has 0 spiro atoms. The normalized spacial score (nSPS) is 15.7. The molecule has 1 aliphatic rings. The molecule has 1 aromatic rings. The van der Waals surface area contributed by atoms with Crippen LogP contribution in [0.5, 0.6) is 0 Å². The van der Waals surface area contributed by atoms with Gasteiger partial charge in [0.2, 0.25) is 5.95 Å². The first-order chi connectivity index (χ1) is 10.8. The minimum atomic E-state index is 0.727. The van der Waals surface area contributed by atoms with Crippen LogP contribution in [0.2, 0.25) is 0 Å². The predicted molar refractivity (Wildman–Crippen MR) is 90.5 cm³/mol. The van der Waals surface area contributed by atoms with E-state index in [0.717, 1.165) is 69.8 Å². The van der Waals surface area contributed by atoms with E-state index in [0.29, 0.717) is 0 Å². The number of nitrogens with one attached hydrogen (secondary N) is 2. The van der Waals surface area contributed by atoms with Gasteiger partial charge >= 0.3 is 0 Å². The van der Waals surface area contributed by atoms with Crippen LogP contribution in [0.1, 0.15) is 31.9 Å². The standard InChI is InChI=1S/C16H29N5O/c1-3-4-5-6-18-16-19-14(2)13-15(20-16)17-7-8-21-9-11-22-12-10-21/h13H,3-12H2,1-2H3,(H2,17,18,19,20). The zero-order chi connectivity index (χ0) is 15.6. The summed E-state index contributed by atoms with van der Waals surface area (Å²) in [5.74, 6) is 1.63. The molecule has 0 aliphatic carbocycles. The van der Waals surface area contributed by atoms with Gasteiger partial charge in [-0.05, 0) is 13.3 Å². The van der Waals surface area contributed by atoms with Crippen LogP contribution in [0.3, 0.4) is 0 Å². The van der Waals surface area contributed by atoms with E-state index in [2.05, 4.69) is 32.4 Å². The number of aryl methyl sites for hydroxylation is 1. The fourth-order valence-corrected chi connectivity index (χ4v) is 2.48. The fraction of sp³-hybridized carbons (Fsp3) is 0.750. The van der Waals surface area contributed by atoms with Crippen molar-refractivity contribution < 1.29 is 4.74 Å². The average Bonchev–Trinajstić information content (AvgIpc) is 2.52. The molecule has 2 heterocycles. The summed E-state index contributed by atoms with van der Waals surface area (Å²) in [6.45, 7) is 10.8. The van der Waals surface area contributed by atoms with Gasteiger partial charge in [0.25, 0.3) is 0 Å². The predicted octanol–water partition coefficient (Wildman–Crippen LogP) is 2.13. The Morgan fingerprint density at radius 2 is 1.95 bits per heavy atom. The van der Waals surface area contributed by atoms with Crippen LogP contribution < -0.4 is 10.6 Å². The number of aromatic nitrogens is 2. The molecule has 0 atom stereocenters. The molecule has 0 aromatic carbocycles. The van der Waals surface area contributed by atoms with Gasteiger partial charge in [0.1, 0.15) is 5.82 Å². The third kappa shape index (κ3) is 6.15. The van der Waals surface area contributed by atoms with E-state index in [-0.39, 0.29) is 0 Å². The van der Waals surface area contributed by atoms with Crippen molar-refractivity contribution in [1.82, 2.24) is 14.9 Å². The molecule has 1 fully saturated rings. The van der Waals surface area contributed by atoms with Crippen LogP contribution in [0.15, 0.2) is 6.07 Å². The summed E-state index contributed by atoms with van der Waals surface area (Å²) >= 11 is 0. The van der Waals surface area contributed by atoms with Crippen LogP contribution in [0.4, 0.5) is 11.8 Å². The first-order valence-corrected chi connectivity index (χ1v) is 8.41. The molecule has 2 N–H and O–H groups in total. The molecule has 0 radical (unpaired) electrons. The van der Waals surface area contributed by atoms with Gasteiger partial charge in [-0.1, -0.05) is 19.8 Å². The number of hydrogen-bond donors (Lipinski definition) is 2. The Hall–Kier alpha value is -1.40. The lowest BCUT2D eigenvalue weighted by molar-refractivity contribution is 0.0398. The number of ether oxygens (including phenoxy) is 1. The summed E-state index contributed by atoms with van der Waals surface area (Å²) in [5, 5.41) is 6.71. The first-order valence-electron chi connectivity index (χ1n) is 8.41. The number of rotatable bonds is 9. The SMILES string of the molecule is CCCCCNc1nc(C)cc(NCCN2CCOCC2)n1. The maximum absolute atomic E-state index is 5.36. The number of nitrogens with zero attached hydrogens (tertiary/aromatic N) is 3. The summed E-state index contributed by atoms with van der Waals surface area (Å²) in [6, 6.07) is 2.00. The second-order valence-corrected chi connectivity index (χ2v) is 5.73. The smallest absolute Gasteiger partial charge is 0.224 e. The maximum Gasteiger partial charge on any atom is 0.224 e. The van der Waals surface area contributed by atoms with Crippen molar-refractivity contribution in [3.05, 3.63) is 11.8 Å². The van der Waals surface area contributed by atoms with Crippen molar-refractivity contribution >= 4 is 11.8 Å². The highest BCUT2D eigenvalue weighted by atomic mass is 16.5. The van der Waals surface area contributed by atoms with Crippen molar-refractivity contribution in [1.29, 1.82) is 0 Å². The van der Waals surface area contributed by atoms with Crippen molar-refractivity contribution in [2.45, 2.75) is 33.1 Å². The largest absolute Gasteiger partial charge is 0.379 e. The fourth-order valence-electron chi connectivity index (χ4n) is 2.48. The third-order valence-electron chi connectivity index (χ3n) is 3.76. The molecule has 6 heteroatoms. The highest BCUT2D eigenvalue weighted by Gasteiger charge is 2.09. The number of anilines is 2. The summed E-state index contributed by atoms with van der Waals surface area (Å²) in [7, 11) is 0. The van der Waals surface area contributed by atoms with Crippen LogP contribution >= 0.6 is 0 Å². The molecule has 124 valence electrons. The molecule has 1 aromatic heterocycles. The van der Waals surface area contributed by atoms with E-state index in [9.17, 15) is 0 Å². The van der Waals surface area contributed by atoms with Gasteiger partial charge in [-0.3, -0.25) is 4.90 Å². The Balaban J connectivity index is 1.75. The highest BCUT2D eigenvalue weighted by Crippen LogP contribution is 2.10. The van der Waals surface area contributed by atoms with Gasteiger partial charge in [-0.15, -0.1) is 0 Å². The molecule has 1 aliphatic heterocycles. The topological polar surface area (TPSA) is 62.3 Å². The Labute approximate surface area is 133 Å². The Kier molecular flexibility index (Phi) is 7.39. The van der Waals surface area contributed by atoms with E-state index in [1.807, 2.05) is 13.0 Å². The molecule has 6 nitrogen and oxygen atoms in total. The average molecular weight is 307 g/mol. The Bertz CT molecular complexity index is 435. The van der Waals surface area contributed by atoms with Crippen LogP contribution in [-0.4, -0.2) is 60.8 Å². The molecule has 1 saturated heterocycles. The van der Waals surface area contributed by atoms with E-state index < -0.39 is 0 Å². The second kappa shape index (κ2) is 9.58. The van der Waals surface area contributed by atoms with Crippen molar-refractivity contribution in [2.75, 3.05) is 56.6 Å². The van der Waals surface area contributed by atoms with Gasteiger partial charge in [0, 0.05) is 44.5 Å². The quantitative estimate of drug-likeness (QED) is 0.682. The Morgan fingerprint density at radius 1 is 1.14 bits per heavy atom. The lowest BCUT2D eigenvalue weighted by atomic mass is 10.2. The Morgan fingerprint density at radius 3 is 2.73 bits per heavy atom. The van der Waals surface area contributed by atoms with E-state index in [1.165, 1.54) is 12.8 Å². The van der Waals surface area contributed by atoms with E-state index >= 15 is 0 Å². The molecule has 0 bridgehead atoms. The van der Waals surface area contributed by atoms with Crippen LogP contribution in [0, 0.1) is 6.92 Å². The lowest BCUT2D eigenvalue weighted by Gasteiger charge is -2.26. The summed E-state index contributed by atoms with van der Waals surface area (Å²) in [4.78, 5) is 11.4. The highest BCUT2D eigenvalue weighted by molar-refractivity contribution is 5.42. The second-order valence-electron chi connectivity index (χ2n) is 5.73. The minimum absolute atomic E-state index is 0.727. The van der Waals surface area contributed by atoms with Gasteiger partial charge in [-0.25, -0.2) is 4.98 Å². The zero-order valence-corrected chi connectivity index (χ0v) is 13.9. The molecule has 2 rings (SSSR count). The monoisotopic (exact) mass is 307 g/mol. The zero-order valence-electron chi connectivity index (χ0n) is 13.9. The summed E-state index contributed by atoms with van der Waals surface area (Å²) < 4.78 is 5.36. The third-order valence-corrected chi connectivity index (χ3v) is 3.76. The number of hydrogen-bond acceptors (Lipinski definition) is 6. The van der Waals surface area contributed by atoms with Crippen molar-refractivity contribution in [3.8, 4) is 0 Å². The maximum atomic E-state index is 5.36. The molecule has 0 amide bonds. The lowest BCUT2D eigenvalue weighted by Crippen LogP contribution is -2.39. The van der Waals surface area contributed by atoms with Gasteiger partial charge in [-0.2, -0.15) is 4.98 Å². The van der Waals surface area contributed by atoms with Crippen LogP contribution in [-0.2, 0) is 4.74 Å². The molecule has 22 heavy (non-hydrogen) atoms. The van der Waals surface area contributed by atoms with Crippen molar-refractivity contribution in [3.63, 3.8) is 0 Å². The number of unbranched alkanes of at least 4 members (excludes halogenated alkanes) is 2. The van der Waals surface area contributed by atoms with E-state index in [4.69, 9.17) is 4.74 Å². The first kappa shape index (κ1) is 17.0. The minimum Gasteiger partial charge on any atom is -0.379 e. The van der Waals surface area contributed by atoms with Gasteiger partial charge < -0.3 is 15.4 Å². The summed E-state index contributed by atoms with van der Waals surface area (Å²) in [5.41, 5.74) is 0.988. The molecule has 0 saturated carbocycles. The summed E-state index contributed by atoms with van der Waals surface area (Å²) in [6.07, 6.45) is 3.63. The number of morpholine rings is 1. The molecule has 0 unspecified atom stereocenters. The molecular weight excluding hydrogens is 278 g/mol. The van der Waals surface area contributed by atoms with Gasteiger partial charge in [0.05, 0.1) is 13.2 Å².